The lowest BCUT2D eigenvalue weighted by atomic mass is 10.1. The molecular weight excluding hydrogens is 345 g/mol. The maximum absolute atomic E-state index is 12.9. The first-order valence-electron chi connectivity index (χ1n) is 6.58. The van der Waals surface area contributed by atoms with Gasteiger partial charge in [-0.2, -0.15) is 22.8 Å². The van der Waals surface area contributed by atoms with Crippen LogP contribution in [0.4, 0.5) is 13.2 Å². The second-order valence-corrected chi connectivity index (χ2v) is 5.51. The Kier molecular flexibility index (Phi) is 4.06. The fourth-order valence-electron chi connectivity index (χ4n) is 1.96. The van der Waals surface area contributed by atoms with Crippen molar-refractivity contribution in [3.05, 3.63) is 48.3 Å². The summed E-state index contributed by atoms with van der Waals surface area (Å²) < 4.78 is 44.2. The van der Waals surface area contributed by atoms with Crippen molar-refractivity contribution < 1.29 is 22.7 Å². The van der Waals surface area contributed by atoms with Crippen molar-refractivity contribution >= 4 is 22.3 Å². The van der Waals surface area contributed by atoms with Crippen LogP contribution in [0.15, 0.2) is 36.9 Å². The van der Waals surface area contributed by atoms with E-state index in [9.17, 15) is 18.0 Å². The number of halogens is 3. The monoisotopic (exact) mass is 354 g/mol. The van der Waals surface area contributed by atoms with Crippen LogP contribution in [0, 0.1) is 0 Å². The summed E-state index contributed by atoms with van der Waals surface area (Å²) in [6.07, 6.45) is -3.26. The minimum atomic E-state index is -4.67. The van der Waals surface area contributed by atoms with Crippen LogP contribution in [-0.2, 0) is 10.9 Å². The van der Waals surface area contributed by atoms with E-state index in [1.165, 1.54) is 12.1 Å². The summed E-state index contributed by atoms with van der Waals surface area (Å²) in [4.78, 5) is 12.0. The SMILES string of the molecule is C=CCOC(=O)c1ccccc1-c1nn2c(C(F)(F)F)nnc2s1. The van der Waals surface area contributed by atoms with Crippen LogP contribution in [0.3, 0.4) is 0 Å². The Morgan fingerprint density at radius 1 is 1.33 bits per heavy atom. The van der Waals surface area contributed by atoms with E-state index < -0.39 is 18.0 Å². The van der Waals surface area contributed by atoms with Crippen LogP contribution in [0.1, 0.15) is 16.2 Å². The third-order valence-electron chi connectivity index (χ3n) is 2.95. The molecule has 0 atom stereocenters. The summed E-state index contributed by atoms with van der Waals surface area (Å²) in [5.41, 5.74) is 0.549. The Bertz CT molecular complexity index is 916. The third-order valence-corrected chi connectivity index (χ3v) is 3.89. The van der Waals surface area contributed by atoms with E-state index in [2.05, 4.69) is 21.9 Å². The van der Waals surface area contributed by atoms with Crippen molar-refractivity contribution in [1.29, 1.82) is 0 Å². The molecule has 0 N–H and O–H groups in total. The molecule has 124 valence electrons. The molecule has 0 fully saturated rings. The minimum absolute atomic E-state index is 0.0217. The van der Waals surface area contributed by atoms with Crippen molar-refractivity contribution in [3.63, 3.8) is 0 Å². The molecule has 0 bridgehead atoms. The van der Waals surface area contributed by atoms with E-state index >= 15 is 0 Å². The summed E-state index contributed by atoms with van der Waals surface area (Å²) >= 11 is 0.893. The number of rotatable bonds is 4. The molecule has 3 aromatic rings. The molecule has 0 saturated carbocycles. The Balaban J connectivity index is 2.07. The average molecular weight is 354 g/mol. The molecule has 1 aromatic carbocycles. The van der Waals surface area contributed by atoms with Crippen molar-refractivity contribution in [3.8, 4) is 10.6 Å². The second-order valence-electron chi connectivity index (χ2n) is 4.56. The van der Waals surface area contributed by atoms with E-state index in [0.717, 1.165) is 11.3 Å². The van der Waals surface area contributed by atoms with Crippen molar-refractivity contribution in [2.24, 2.45) is 0 Å². The molecule has 0 aliphatic rings. The summed E-state index contributed by atoms with van der Waals surface area (Å²) in [5.74, 6) is -1.83. The topological polar surface area (TPSA) is 69.4 Å². The lowest BCUT2D eigenvalue weighted by Crippen LogP contribution is -2.11. The van der Waals surface area contributed by atoms with Gasteiger partial charge in [0.2, 0.25) is 4.96 Å². The first-order chi connectivity index (χ1) is 11.4. The molecule has 0 amide bonds. The van der Waals surface area contributed by atoms with Gasteiger partial charge in [-0.1, -0.05) is 42.2 Å². The number of hydrogen-bond donors (Lipinski definition) is 0. The van der Waals surface area contributed by atoms with Gasteiger partial charge in [0.25, 0.3) is 5.82 Å². The number of fused-ring (bicyclic) bond motifs is 1. The standard InChI is InChI=1S/C14H9F3N4O2S/c1-2-7-23-11(22)9-6-4-3-5-8(9)10-20-21-12(14(15,16)17)18-19-13(21)24-10/h2-6H,1,7H2. The van der Waals surface area contributed by atoms with Gasteiger partial charge in [0, 0.05) is 5.56 Å². The molecule has 10 heteroatoms. The normalized spacial score (nSPS) is 11.6. The molecular formula is C14H9F3N4O2S. The molecule has 0 saturated heterocycles. The molecule has 0 aliphatic heterocycles. The molecule has 3 rings (SSSR count). The third kappa shape index (κ3) is 2.87. The smallest absolute Gasteiger partial charge is 0.453 e. The lowest BCUT2D eigenvalue weighted by molar-refractivity contribution is -0.146. The van der Waals surface area contributed by atoms with Crippen LogP contribution in [-0.4, -0.2) is 32.4 Å². The molecule has 0 aliphatic carbocycles. The first-order valence-corrected chi connectivity index (χ1v) is 7.40. The number of esters is 1. The van der Waals surface area contributed by atoms with Gasteiger partial charge >= 0.3 is 12.1 Å². The minimum Gasteiger partial charge on any atom is -0.458 e. The molecule has 6 nitrogen and oxygen atoms in total. The van der Waals surface area contributed by atoms with Gasteiger partial charge in [0.05, 0.1) is 5.56 Å². The highest BCUT2D eigenvalue weighted by Crippen LogP contribution is 2.33. The van der Waals surface area contributed by atoms with Gasteiger partial charge < -0.3 is 4.74 Å². The van der Waals surface area contributed by atoms with Crippen LogP contribution in [0.25, 0.3) is 15.5 Å². The highest BCUT2D eigenvalue weighted by Gasteiger charge is 2.38. The fraction of sp³-hybridized carbons (Fsp3) is 0.143. The zero-order chi connectivity index (χ0) is 17.3. The van der Waals surface area contributed by atoms with Crippen LogP contribution in [0.5, 0.6) is 0 Å². The fourth-order valence-corrected chi connectivity index (χ4v) is 2.84. The number of alkyl halides is 3. The van der Waals surface area contributed by atoms with E-state index in [1.54, 1.807) is 18.2 Å². The molecule has 0 radical (unpaired) electrons. The highest BCUT2D eigenvalue weighted by atomic mass is 32.1. The number of nitrogens with zero attached hydrogens (tertiary/aromatic N) is 4. The lowest BCUT2D eigenvalue weighted by Gasteiger charge is -2.06. The number of ether oxygens (including phenoxy) is 1. The average Bonchev–Trinajstić information content (AvgIpc) is 3.11. The number of aromatic nitrogens is 4. The van der Waals surface area contributed by atoms with Crippen LogP contribution < -0.4 is 0 Å². The van der Waals surface area contributed by atoms with Crippen molar-refractivity contribution in [1.82, 2.24) is 19.8 Å². The summed E-state index contributed by atoms with van der Waals surface area (Å²) in [6, 6.07) is 6.35. The highest BCUT2D eigenvalue weighted by molar-refractivity contribution is 7.19. The second kappa shape index (κ2) is 6.04. The Morgan fingerprint density at radius 3 is 2.79 bits per heavy atom. The van der Waals surface area contributed by atoms with Gasteiger partial charge in [-0.15, -0.1) is 10.2 Å². The number of hydrogen-bond acceptors (Lipinski definition) is 6. The number of carbonyl (C=O) groups is 1. The van der Waals surface area contributed by atoms with E-state index in [1.807, 2.05) is 0 Å². The first kappa shape index (κ1) is 16.1. The molecule has 2 aromatic heterocycles. The van der Waals surface area contributed by atoms with E-state index in [-0.39, 0.29) is 22.1 Å². The molecule has 2 heterocycles. The Hall–Kier alpha value is -2.75. The zero-order valence-electron chi connectivity index (χ0n) is 11.9. The van der Waals surface area contributed by atoms with Gasteiger partial charge in [-0.25, -0.2) is 4.79 Å². The predicted octanol–water partition coefficient (Wildman–Crippen LogP) is 3.21. The largest absolute Gasteiger partial charge is 0.458 e. The maximum Gasteiger partial charge on any atom is 0.453 e. The summed E-state index contributed by atoms with van der Waals surface area (Å²) in [7, 11) is 0. The Morgan fingerprint density at radius 2 is 2.08 bits per heavy atom. The van der Waals surface area contributed by atoms with Crippen molar-refractivity contribution in [2.45, 2.75) is 6.18 Å². The molecule has 24 heavy (non-hydrogen) atoms. The summed E-state index contributed by atoms with van der Waals surface area (Å²) in [5, 5.41) is 10.7. The van der Waals surface area contributed by atoms with E-state index in [0.29, 0.717) is 10.1 Å². The van der Waals surface area contributed by atoms with Gasteiger partial charge in [-0.05, 0) is 6.07 Å². The summed E-state index contributed by atoms with van der Waals surface area (Å²) in [6.45, 7) is 3.47. The van der Waals surface area contributed by atoms with Crippen LogP contribution >= 0.6 is 11.3 Å². The predicted molar refractivity (Wildman–Crippen MR) is 79.6 cm³/mol. The number of carbonyl (C=O) groups excluding carboxylic acids is 1. The zero-order valence-corrected chi connectivity index (χ0v) is 12.8. The van der Waals surface area contributed by atoms with Gasteiger partial charge in [0.1, 0.15) is 11.6 Å². The van der Waals surface area contributed by atoms with Crippen LogP contribution in [0.2, 0.25) is 0 Å². The van der Waals surface area contributed by atoms with Gasteiger partial charge in [-0.3, -0.25) is 0 Å². The van der Waals surface area contributed by atoms with Crippen molar-refractivity contribution in [2.75, 3.05) is 6.61 Å². The molecule has 0 spiro atoms. The van der Waals surface area contributed by atoms with E-state index in [4.69, 9.17) is 4.74 Å². The molecule has 0 unspecified atom stereocenters. The van der Waals surface area contributed by atoms with Gasteiger partial charge in [0.15, 0.2) is 0 Å². The quantitative estimate of drug-likeness (QED) is 0.531. The maximum atomic E-state index is 12.9. The Labute approximate surface area is 137 Å². The number of benzene rings is 1.